The zero-order valence-electron chi connectivity index (χ0n) is 10.0. The molecule has 6 heteroatoms. The van der Waals surface area contributed by atoms with Gasteiger partial charge in [-0.1, -0.05) is 35.9 Å². The Morgan fingerprint density at radius 3 is 1.95 bits per heavy atom. The van der Waals surface area contributed by atoms with Crippen molar-refractivity contribution in [3.63, 3.8) is 0 Å². The Balaban J connectivity index is 2.03. The van der Waals surface area contributed by atoms with Crippen LogP contribution in [0.3, 0.4) is 0 Å². The van der Waals surface area contributed by atoms with E-state index in [-0.39, 0.29) is 10.6 Å². The molecule has 0 fully saturated rings. The summed E-state index contributed by atoms with van der Waals surface area (Å²) in [5.74, 6) is -1.56. The summed E-state index contributed by atoms with van der Waals surface area (Å²) in [5, 5.41) is 0.225. The maximum atomic E-state index is 11.7. The van der Waals surface area contributed by atoms with Gasteiger partial charge in [-0.15, -0.1) is 0 Å². The second kappa shape index (κ2) is 6.71. The Bertz CT molecular complexity index is 600. The fourth-order valence-electron chi connectivity index (χ4n) is 1.42. The van der Waals surface area contributed by atoms with Crippen molar-refractivity contribution in [2.24, 2.45) is 0 Å². The first-order valence-electron chi connectivity index (χ1n) is 5.52. The molecule has 0 saturated heterocycles. The van der Waals surface area contributed by atoms with Crippen molar-refractivity contribution in [3.05, 3.63) is 68.3 Å². The average Bonchev–Trinajstić information content (AvgIpc) is 2.45. The second-order valence-electron chi connectivity index (χ2n) is 3.70. The fourth-order valence-corrected chi connectivity index (χ4v) is 2.24. The highest BCUT2D eigenvalue weighted by atomic mass is 127. The molecule has 2 aromatic carbocycles. The van der Waals surface area contributed by atoms with E-state index in [4.69, 9.17) is 11.6 Å². The van der Waals surface area contributed by atoms with Crippen LogP contribution in [0.5, 0.6) is 0 Å². The van der Waals surface area contributed by atoms with Crippen molar-refractivity contribution in [2.75, 3.05) is 0 Å². The summed E-state index contributed by atoms with van der Waals surface area (Å²) in [6.07, 6.45) is 0. The van der Waals surface area contributed by atoms with Crippen molar-refractivity contribution in [3.8, 4) is 0 Å². The van der Waals surface area contributed by atoms with E-state index < -0.39 is 11.9 Å². The Kier molecular flexibility index (Phi) is 4.97. The normalized spacial score (nSPS) is 9.90. The van der Waals surface area contributed by atoms with Gasteiger partial charge in [-0.25, -0.2) is 19.4 Å². The molecule has 0 aliphatic carbocycles. The molecule has 20 heavy (non-hydrogen) atoms. The summed E-state index contributed by atoms with van der Waals surface area (Å²) in [4.78, 5) is 32.5. The SMILES string of the molecule is O=C(OOC(=O)c1ccccc1I)c1ccccc1Cl. The first-order chi connectivity index (χ1) is 9.59. The number of hydrogen-bond donors (Lipinski definition) is 0. The lowest BCUT2D eigenvalue weighted by Crippen LogP contribution is -2.13. The van der Waals surface area contributed by atoms with E-state index in [0.717, 1.165) is 0 Å². The summed E-state index contributed by atoms with van der Waals surface area (Å²) in [7, 11) is 0. The van der Waals surface area contributed by atoms with Crippen molar-refractivity contribution in [1.82, 2.24) is 0 Å². The molecule has 0 saturated carbocycles. The van der Waals surface area contributed by atoms with Crippen LogP contribution in [0.4, 0.5) is 0 Å². The molecule has 0 aromatic heterocycles. The maximum Gasteiger partial charge on any atom is 0.387 e. The lowest BCUT2D eigenvalue weighted by atomic mass is 10.2. The standard InChI is InChI=1S/C14H8ClIO4/c15-11-7-3-1-5-9(11)13(17)19-20-14(18)10-6-2-4-8-12(10)16/h1-8H. The predicted octanol–water partition coefficient (Wildman–Crippen LogP) is 3.87. The smallest absolute Gasteiger partial charge is 0.241 e. The minimum atomic E-state index is -0.824. The molecule has 0 aliphatic heterocycles. The molecule has 2 aromatic rings. The van der Waals surface area contributed by atoms with E-state index in [2.05, 4.69) is 9.78 Å². The number of benzene rings is 2. The van der Waals surface area contributed by atoms with Crippen molar-refractivity contribution in [2.45, 2.75) is 0 Å². The van der Waals surface area contributed by atoms with Crippen LogP contribution in [-0.2, 0) is 9.78 Å². The van der Waals surface area contributed by atoms with Crippen LogP contribution in [-0.4, -0.2) is 11.9 Å². The summed E-state index contributed by atoms with van der Waals surface area (Å²) >= 11 is 7.82. The third kappa shape index (κ3) is 3.49. The summed E-state index contributed by atoms with van der Waals surface area (Å²) < 4.78 is 0.698. The monoisotopic (exact) mass is 402 g/mol. The molecule has 2 rings (SSSR count). The molecule has 0 radical (unpaired) electrons. The van der Waals surface area contributed by atoms with Crippen LogP contribution in [0.15, 0.2) is 48.5 Å². The topological polar surface area (TPSA) is 52.6 Å². The Labute approximate surface area is 133 Å². The number of carbonyl (C=O) groups is 2. The molecule has 0 N–H and O–H groups in total. The van der Waals surface area contributed by atoms with Gasteiger partial charge in [-0.05, 0) is 46.9 Å². The van der Waals surface area contributed by atoms with Crippen molar-refractivity contribution in [1.29, 1.82) is 0 Å². The molecular weight excluding hydrogens is 395 g/mol. The molecule has 4 nitrogen and oxygen atoms in total. The van der Waals surface area contributed by atoms with E-state index in [1.165, 1.54) is 6.07 Å². The molecular formula is C14H8ClIO4. The van der Waals surface area contributed by atoms with Gasteiger partial charge in [0.05, 0.1) is 16.1 Å². The first-order valence-corrected chi connectivity index (χ1v) is 6.97. The molecule has 0 bridgehead atoms. The van der Waals surface area contributed by atoms with Gasteiger partial charge in [0.2, 0.25) is 0 Å². The van der Waals surface area contributed by atoms with Gasteiger partial charge in [0.25, 0.3) is 0 Å². The minimum absolute atomic E-state index is 0.129. The molecule has 0 amide bonds. The third-order valence-corrected chi connectivity index (χ3v) is 3.65. The summed E-state index contributed by atoms with van der Waals surface area (Å²) in [5.41, 5.74) is 0.449. The highest BCUT2D eigenvalue weighted by Gasteiger charge is 2.17. The molecule has 102 valence electrons. The lowest BCUT2D eigenvalue weighted by molar-refractivity contribution is -0.187. The fraction of sp³-hybridized carbons (Fsp3) is 0. The van der Waals surface area contributed by atoms with E-state index in [1.807, 2.05) is 22.6 Å². The first kappa shape index (κ1) is 14.8. The number of halogens is 2. The van der Waals surface area contributed by atoms with Gasteiger partial charge in [0.15, 0.2) is 0 Å². The van der Waals surface area contributed by atoms with Gasteiger partial charge in [-0.2, -0.15) is 0 Å². The highest BCUT2D eigenvalue weighted by Crippen LogP contribution is 2.17. The highest BCUT2D eigenvalue weighted by molar-refractivity contribution is 14.1. The zero-order valence-corrected chi connectivity index (χ0v) is 12.9. The van der Waals surface area contributed by atoms with Crippen LogP contribution in [0, 0.1) is 3.57 Å². The van der Waals surface area contributed by atoms with Crippen molar-refractivity contribution < 1.29 is 19.4 Å². The van der Waals surface area contributed by atoms with Gasteiger partial charge < -0.3 is 0 Å². The van der Waals surface area contributed by atoms with Crippen molar-refractivity contribution >= 4 is 46.1 Å². The zero-order chi connectivity index (χ0) is 14.5. The molecule has 0 aliphatic rings. The number of rotatable bonds is 2. The second-order valence-corrected chi connectivity index (χ2v) is 5.27. The quantitative estimate of drug-likeness (QED) is 0.435. The van der Waals surface area contributed by atoms with Gasteiger partial charge in [0, 0.05) is 3.57 Å². The third-order valence-electron chi connectivity index (χ3n) is 2.38. The van der Waals surface area contributed by atoms with Crippen LogP contribution in [0.1, 0.15) is 20.7 Å². The Hall–Kier alpha value is -1.60. The summed E-state index contributed by atoms with van der Waals surface area (Å²) in [6, 6.07) is 13.1. The largest absolute Gasteiger partial charge is 0.387 e. The Morgan fingerprint density at radius 1 is 0.850 bits per heavy atom. The van der Waals surface area contributed by atoms with Crippen LogP contribution in [0.2, 0.25) is 5.02 Å². The van der Waals surface area contributed by atoms with E-state index in [1.54, 1.807) is 42.5 Å². The van der Waals surface area contributed by atoms with Gasteiger partial charge in [0.1, 0.15) is 0 Å². The average molecular weight is 403 g/mol. The molecule has 0 atom stereocenters. The van der Waals surface area contributed by atoms with E-state index >= 15 is 0 Å². The lowest BCUT2D eigenvalue weighted by Gasteiger charge is -2.05. The van der Waals surface area contributed by atoms with E-state index in [9.17, 15) is 9.59 Å². The van der Waals surface area contributed by atoms with Gasteiger partial charge in [-0.3, -0.25) is 0 Å². The molecule has 0 heterocycles. The Morgan fingerprint density at radius 2 is 1.35 bits per heavy atom. The molecule has 0 unspecified atom stereocenters. The number of carbonyl (C=O) groups excluding carboxylic acids is 2. The summed E-state index contributed by atoms with van der Waals surface area (Å²) in [6.45, 7) is 0. The predicted molar refractivity (Wildman–Crippen MR) is 81.4 cm³/mol. The maximum absolute atomic E-state index is 11.7. The number of hydrogen-bond acceptors (Lipinski definition) is 4. The van der Waals surface area contributed by atoms with E-state index in [0.29, 0.717) is 9.13 Å². The van der Waals surface area contributed by atoms with Crippen LogP contribution in [0.25, 0.3) is 0 Å². The molecule has 0 spiro atoms. The van der Waals surface area contributed by atoms with Gasteiger partial charge >= 0.3 is 11.9 Å². The van der Waals surface area contributed by atoms with Crippen LogP contribution < -0.4 is 0 Å². The van der Waals surface area contributed by atoms with Crippen LogP contribution >= 0.6 is 34.2 Å². The minimum Gasteiger partial charge on any atom is -0.241 e.